The molecule has 0 aliphatic rings. The molecule has 0 saturated heterocycles. The number of carboxylic acid groups (broad SMARTS) is 1. The van der Waals surface area contributed by atoms with Gasteiger partial charge in [0.2, 0.25) is 5.91 Å². The lowest BCUT2D eigenvalue weighted by atomic mass is 10.2. The third kappa shape index (κ3) is 3.78. The molecule has 126 valence electrons. The van der Waals surface area contributed by atoms with E-state index in [1.54, 1.807) is 37.3 Å². The molecule has 0 spiro atoms. The first-order chi connectivity index (χ1) is 11.4. The van der Waals surface area contributed by atoms with Crippen molar-refractivity contribution in [2.75, 3.05) is 0 Å². The zero-order valence-electron chi connectivity index (χ0n) is 13.0. The van der Waals surface area contributed by atoms with Crippen LogP contribution in [0.1, 0.15) is 13.3 Å². The van der Waals surface area contributed by atoms with Crippen LogP contribution in [-0.2, 0) is 16.1 Å². The Hall–Kier alpha value is -3.16. The quantitative estimate of drug-likeness (QED) is 0.654. The molecule has 1 aromatic heterocycles. The van der Waals surface area contributed by atoms with Gasteiger partial charge in [0, 0.05) is 0 Å². The fourth-order valence-electron chi connectivity index (χ4n) is 2.22. The van der Waals surface area contributed by atoms with Gasteiger partial charge in [0.25, 0.3) is 5.56 Å². The van der Waals surface area contributed by atoms with Crippen molar-refractivity contribution in [1.29, 1.82) is 0 Å². The summed E-state index contributed by atoms with van der Waals surface area (Å²) < 4.78 is 0.742. The van der Waals surface area contributed by atoms with Crippen LogP contribution in [-0.4, -0.2) is 32.6 Å². The predicted molar refractivity (Wildman–Crippen MR) is 87.8 cm³/mol. The highest BCUT2D eigenvalue weighted by atomic mass is 16.4. The molecule has 1 heterocycles. The normalized spacial score (nSPS) is 12.4. The average Bonchev–Trinajstić information content (AvgIpc) is 2.55. The van der Waals surface area contributed by atoms with Crippen LogP contribution < -0.4 is 16.6 Å². The molecule has 1 unspecified atom stereocenters. The molecular weight excluding hydrogens is 314 g/mol. The molecule has 1 amide bonds. The Morgan fingerprint density at radius 3 is 2.71 bits per heavy atom. The highest BCUT2D eigenvalue weighted by molar-refractivity contribution is 5.84. The fourth-order valence-corrected chi connectivity index (χ4v) is 2.22. The zero-order valence-corrected chi connectivity index (χ0v) is 13.0. The monoisotopic (exact) mass is 331 g/mol. The number of hydrogen-bond acceptors (Lipinski definition) is 4. The number of para-hydroxylation sites is 1. The minimum Gasteiger partial charge on any atom is -0.480 e. The number of H-pyrrole nitrogens is 1. The number of carbonyl (C=O) groups is 2. The van der Waals surface area contributed by atoms with Gasteiger partial charge in [-0.1, -0.05) is 24.3 Å². The summed E-state index contributed by atoms with van der Waals surface area (Å²) in [6, 6.07) is 5.31. The highest BCUT2D eigenvalue weighted by Crippen LogP contribution is 2.03. The molecule has 8 nitrogen and oxygen atoms in total. The van der Waals surface area contributed by atoms with Crippen molar-refractivity contribution in [3.63, 3.8) is 0 Å². The lowest BCUT2D eigenvalue weighted by molar-refractivity contribution is -0.141. The number of amides is 1. The molecule has 0 aliphatic carbocycles. The van der Waals surface area contributed by atoms with Crippen molar-refractivity contribution >= 4 is 22.8 Å². The van der Waals surface area contributed by atoms with Crippen LogP contribution >= 0.6 is 0 Å². The van der Waals surface area contributed by atoms with Crippen molar-refractivity contribution in [2.45, 2.75) is 25.9 Å². The molecule has 1 aromatic carbocycles. The Morgan fingerprint density at radius 2 is 2.04 bits per heavy atom. The summed E-state index contributed by atoms with van der Waals surface area (Å²) in [5.41, 5.74) is -0.959. The summed E-state index contributed by atoms with van der Waals surface area (Å²) in [5.74, 6) is -1.92. The van der Waals surface area contributed by atoms with E-state index in [4.69, 9.17) is 5.11 Å². The smallest absolute Gasteiger partial charge is 0.329 e. The Morgan fingerprint density at radius 1 is 1.33 bits per heavy atom. The molecule has 0 bridgehead atoms. The Kier molecular flexibility index (Phi) is 5.31. The number of fused-ring (bicyclic) bond motifs is 1. The number of aromatic amines is 1. The van der Waals surface area contributed by atoms with Gasteiger partial charge in [0.1, 0.15) is 12.6 Å². The number of nitrogens with one attached hydrogen (secondary N) is 2. The number of allylic oxidation sites excluding steroid dienone is 1. The number of benzene rings is 1. The van der Waals surface area contributed by atoms with Gasteiger partial charge in [0.05, 0.1) is 10.9 Å². The van der Waals surface area contributed by atoms with Crippen LogP contribution in [0.5, 0.6) is 0 Å². The van der Waals surface area contributed by atoms with E-state index in [0.717, 1.165) is 4.57 Å². The number of aliphatic carboxylic acids is 1. The van der Waals surface area contributed by atoms with Gasteiger partial charge in [0.15, 0.2) is 0 Å². The van der Waals surface area contributed by atoms with Gasteiger partial charge in [-0.05, 0) is 25.5 Å². The fraction of sp³-hybridized carbons (Fsp3) is 0.250. The van der Waals surface area contributed by atoms with Crippen LogP contribution in [0, 0.1) is 0 Å². The minimum absolute atomic E-state index is 0.112. The first-order valence-electron chi connectivity index (χ1n) is 7.29. The largest absolute Gasteiger partial charge is 0.480 e. The number of carboxylic acids is 1. The van der Waals surface area contributed by atoms with Crippen LogP contribution in [0.4, 0.5) is 0 Å². The standard InChI is InChI=1S/C16H17N3O5/c1-2-3-7-12(15(22)23)17-13(20)9-19-14(21)10-6-4-5-8-11(10)18-16(19)24/h2-6,8,12H,7,9H2,1H3,(H,17,20)(H,18,24)(H,22,23)/b3-2+. The Labute approximate surface area is 136 Å². The minimum atomic E-state index is -1.19. The highest BCUT2D eigenvalue weighted by Gasteiger charge is 2.19. The summed E-state index contributed by atoms with van der Waals surface area (Å²) in [6.45, 7) is 1.17. The van der Waals surface area contributed by atoms with Gasteiger partial charge in [-0.3, -0.25) is 14.2 Å². The van der Waals surface area contributed by atoms with Crippen molar-refractivity contribution < 1.29 is 14.7 Å². The summed E-state index contributed by atoms with van der Waals surface area (Å²) in [7, 11) is 0. The number of nitrogens with zero attached hydrogens (tertiary/aromatic N) is 1. The molecule has 0 saturated carbocycles. The Balaban J connectivity index is 2.26. The summed E-state index contributed by atoms with van der Waals surface area (Å²) >= 11 is 0. The lowest BCUT2D eigenvalue weighted by Crippen LogP contribution is -2.45. The van der Waals surface area contributed by atoms with Gasteiger partial charge < -0.3 is 15.4 Å². The van der Waals surface area contributed by atoms with E-state index < -0.39 is 35.7 Å². The first kappa shape index (κ1) is 17.2. The van der Waals surface area contributed by atoms with Crippen molar-refractivity contribution in [3.8, 4) is 0 Å². The van der Waals surface area contributed by atoms with E-state index in [1.807, 2.05) is 0 Å². The SMILES string of the molecule is C/C=C/CC(NC(=O)Cn1c(=O)[nH]c2ccccc2c1=O)C(=O)O. The third-order valence-electron chi connectivity index (χ3n) is 3.43. The molecule has 0 fully saturated rings. The van der Waals surface area contributed by atoms with Crippen LogP contribution in [0.15, 0.2) is 46.0 Å². The molecule has 3 N–H and O–H groups in total. The van der Waals surface area contributed by atoms with E-state index in [0.29, 0.717) is 5.52 Å². The van der Waals surface area contributed by atoms with Crippen LogP contribution in [0.25, 0.3) is 10.9 Å². The van der Waals surface area contributed by atoms with Crippen LogP contribution in [0.2, 0.25) is 0 Å². The maximum absolute atomic E-state index is 12.3. The van der Waals surface area contributed by atoms with Gasteiger partial charge in [-0.25, -0.2) is 9.59 Å². The molecule has 0 radical (unpaired) electrons. The lowest BCUT2D eigenvalue weighted by Gasteiger charge is -2.13. The first-order valence-corrected chi connectivity index (χ1v) is 7.29. The Bertz CT molecular complexity index is 910. The molecule has 0 aliphatic heterocycles. The average molecular weight is 331 g/mol. The number of carbonyl (C=O) groups excluding carboxylic acids is 1. The summed E-state index contributed by atoms with van der Waals surface area (Å²) in [4.78, 5) is 49.9. The molecule has 8 heteroatoms. The predicted octanol–water partition coefficient (Wildman–Crippen LogP) is 0.225. The topological polar surface area (TPSA) is 121 Å². The molecule has 2 aromatic rings. The van der Waals surface area contributed by atoms with Crippen molar-refractivity contribution in [2.24, 2.45) is 0 Å². The molecular formula is C16H17N3O5. The molecule has 24 heavy (non-hydrogen) atoms. The number of aromatic nitrogens is 2. The maximum Gasteiger partial charge on any atom is 0.329 e. The number of rotatable bonds is 6. The second kappa shape index (κ2) is 7.40. The maximum atomic E-state index is 12.3. The van der Waals surface area contributed by atoms with Gasteiger partial charge >= 0.3 is 11.7 Å². The van der Waals surface area contributed by atoms with Gasteiger partial charge in [-0.2, -0.15) is 0 Å². The second-order valence-corrected chi connectivity index (χ2v) is 5.13. The summed E-state index contributed by atoms with van der Waals surface area (Å²) in [5, 5.41) is 11.7. The summed E-state index contributed by atoms with van der Waals surface area (Å²) in [6.07, 6.45) is 3.38. The molecule has 2 rings (SSSR count). The van der Waals surface area contributed by atoms with E-state index in [1.165, 1.54) is 6.07 Å². The number of hydrogen-bond donors (Lipinski definition) is 3. The zero-order chi connectivity index (χ0) is 17.7. The second-order valence-electron chi connectivity index (χ2n) is 5.13. The van der Waals surface area contributed by atoms with E-state index >= 15 is 0 Å². The van der Waals surface area contributed by atoms with Crippen LogP contribution in [0.3, 0.4) is 0 Å². The van der Waals surface area contributed by atoms with Gasteiger partial charge in [-0.15, -0.1) is 0 Å². The van der Waals surface area contributed by atoms with E-state index in [-0.39, 0.29) is 11.8 Å². The third-order valence-corrected chi connectivity index (χ3v) is 3.43. The van der Waals surface area contributed by atoms with Crippen molar-refractivity contribution in [1.82, 2.24) is 14.9 Å². The van der Waals surface area contributed by atoms with E-state index in [9.17, 15) is 19.2 Å². The van der Waals surface area contributed by atoms with E-state index in [2.05, 4.69) is 10.3 Å². The van der Waals surface area contributed by atoms with Crippen molar-refractivity contribution in [3.05, 3.63) is 57.3 Å². The molecule has 1 atom stereocenters.